The van der Waals surface area contributed by atoms with E-state index in [0.717, 1.165) is 44.5 Å². The highest BCUT2D eigenvalue weighted by molar-refractivity contribution is 6.36. The molecule has 2 aromatic carbocycles. The monoisotopic (exact) mass is 396 g/mol. The van der Waals surface area contributed by atoms with Crippen LogP contribution in [-0.4, -0.2) is 10.5 Å². The fraction of sp³-hybridized carbons (Fsp3) is 0.136. The number of benzene rings is 2. The van der Waals surface area contributed by atoms with Crippen LogP contribution in [0, 0.1) is 20.8 Å². The Balaban J connectivity index is 1.85. The molecule has 1 amide bonds. The predicted molar refractivity (Wildman–Crippen MR) is 113 cm³/mol. The summed E-state index contributed by atoms with van der Waals surface area (Å²) in [6.07, 6.45) is 1.94. The molecule has 1 aromatic heterocycles. The Hall–Kier alpha value is -2.49. The van der Waals surface area contributed by atoms with Gasteiger partial charge in [0.2, 0.25) is 0 Å². The van der Waals surface area contributed by atoms with Crippen LogP contribution in [-0.2, 0) is 4.79 Å². The van der Waals surface area contributed by atoms with Gasteiger partial charge in [-0.3, -0.25) is 4.79 Å². The predicted octanol–water partition coefficient (Wildman–Crippen LogP) is 6.20. The molecule has 27 heavy (non-hydrogen) atoms. The van der Waals surface area contributed by atoms with E-state index in [-0.39, 0.29) is 5.91 Å². The third kappa shape index (κ3) is 2.97. The fourth-order valence-electron chi connectivity index (χ4n) is 3.61. The summed E-state index contributed by atoms with van der Waals surface area (Å²) >= 11 is 12.4. The van der Waals surface area contributed by atoms with Gasteiger partial charge in [0.05, 0.1) is 5.69 Å². The number of fused-ring (bicyclic) bond motifs is 1. The van der Waals surface area contributed by atoms with Gasteiger partial charge in [0.15, 0.2) is 0 Å². The maximum absolute atomic E-state index is 12.5. The number of hydrogen-bond acceptors (Lipinski definition) is 1. The first-order chi connectivity index (χ1) is 12.9. The topological polar surface area (TPSA) is 34.0 Å². The second-order valence-electron chi connectivity index (χ2n) is 6.75. The normalized spacial score (nSPS) is 14.6. The molecular weight excluding hydrogens is 379 g/mol. The molecule has 0 atom stereocenters. The zero-order chi connectivity index (χ0) is 19.3. The van der Waals surface area contributed by atoms with E-state index in [1.165, 1.54) is 0 Å². The minimum Gasteiger partial charge on any atom is -0.321 e. The summed E-state index contributed by atoms with van der Waals surface area (Å²) in [4.78, 5) is 12.5. The number of hydrogen-bond donors (Lipinski definition) is 1. The number of nitrogens with zero attached hydrogens (tertiary/aromatic N) is 1. The van der Waals surface area contributed by atoms with Crippen molar-refractivity contribution in [2.24, 2.45) is 0 Å². The van der Waals surface area contributed by atoms with Gasteiger partial charge in [-0.25, -0.2) is 0 Å². The first-order valence-electron chi connectivity index (χ1n) is 8.64. The molecule has 2 heterocycles. The zero-order valence-electron chi connectivity index (χ0n) is 15.2. The average Bonchev–Trinajstić information content (AvgIpc) is 3.07. The minimum absolute atomic E-state index is 0.115. The Morgan fingerprint density at radius 2 is 1.81 bits per heavy atom. The van der Waals surface area contributed by atoms with Gasteiger partial charge in [0.1, 0.15) is 0 Å². The molecule has 3 nitrogen and oxygen atoms in total. The van der Waals surface area contributed by atoms with Crippen molar-refractivity contribution in [2.45, 2.75) is 20.8 Å². The SMILES string of the molecule is Cc1c(Cl)cccc1-n1c(C)cc(/C=C2/C(=O)Nc3cc(Cl)ccc32)c1C. The van der Waals surface area contributed by atoms with Gasteiger partial charge >= 0.3 is 0 Å². The zero-order valence-corrected chi connectivity index (χ0v) is 16.7. The van der Waals surface area contributed by atoms with E-state index in [0.29, 0.717) is 10.6 Å². The van der Waals surface area contributed by atoms with Crippen molar-refractivity contribution in [1.29, 1.82) is 0 Å². The first kappa shape index (κ1) is 17.9. The van der Waals surface area contributed by atoms with Gasteiger partial charge in [0.25, 0.3) is 5.91 Å². The van der Waals surface area contributed by atoms with Crippen molar-refractivity contribution in [2.75, 3.05) is 5.32 Å². The molecule has 0 saturated heterocycles. The van der Waals surface area contributed by atoms with Gasteiger partial charge in [-0.05, 0) is 68.3 Å². The molecule has 5 heteroatoms. The van der Waals surface area contributed by atoms with E-state index in [9.17, 15) is 4.79 Å². The van der Waals surface area contributed by atoms with Gasteiger partial charge < -0.3 is 9.88 Å². The first-order valence-corrected chi connectivity index (χ1v) is 9.40. The number of aromatic nitrogens is 1. The summed E-state index contributed by atoms with van der Waals surface area (Å²) in [5, 5.41) is 4.22. The lowest BCUT2D eigenvalue weighted by Gasteiger charge is -2.13. The van der Waals surface area contributed by atoms with Crippen LogP contribution in [0.5, 0.6) is 0 Å². The van der Waals surface area contributed by atoms with Crippen molar-refractivity contribution in [3.63, 3.8) is 0 Å². The van der Waals surface area contributed by atoms with Gasteiger partial charge in [-0.1, -0.05) is 35.3 Å². The molecule has 1 aliphatic rings. The van der Waals surface area contributed by atoms with Crippen LogP contribution in [0.2, 0.25) is 10.0 Å². The average molecular weight is 397 g/mol. The summed E-state index contributed by atoms with van der Waals surface area (Å²) in [7, 11) is 0. The molecule has 0 radical (unpaired) electrons. The lowest BCUT2D eigenvalue weighted by molar-refractivity contribution is -0.110. The Labute approximate surface area is 168 Å². The Bertz CT molecular complexity index is 1130. The smallest absolute Gasteiger partial charge is 0.256 e. The highest BCUT2D eigenvalue weighted by Crippen LogP contribution is 2.36. The fourth-order valence-corrected chi connectivity index (χ4v) is 3.95. The van der Waals surface area contributed by atoms with Crippen LogP contribution in [0.3, 0.4) is 0 Å². The molecular formula is C22H18Cl2N2O. The number of amides is 1. The molecule has 0 aliphatic carbocycles. The molecule has 0 spiro atoms. The van der Waals surface area contributed by atoms with Gasteiger partial charge in [0, 0.05) is 38.3 Å². The standard InChI is InChI=1S/C22H18Cl2N2O/c1-12-9-15(14(3)26(12)21-6-4-5-19(24)13(21)2)10-18-17-8-7-16(23)11-20(17)25-22(18)27/h4-11H,1-3H3,(H,25,27)/b18-10+. The number of anilines is 1. The maximum atomic E-state index is 12.5. The quantitative estimate of drug-likeness (QED) is 0.513. The van der Waals surface area contributed by atoms with E-state index in [1.807, 2.05) is 31.2 Å². The van der Waals surface area contributed by atoms with Crippen molar-refractivity contribution >= 4 is 46.4 Å². The van der Waals surface area contributed by atoms with E-state index in [2.05, 4.69) is 35.9 Å². The van der Waals surface area contributed by atoms with Crippen LogP contribution in [0.1, 0.15) is 28.1 Å². The second-order valence-corrected chi connectivity index (χ2v) is 7.59. The number of rotatable bonds is 2. The lowest BCUT2D eigenvalue weighted by atomic mass is 10.0. The van der Waals surface area contributed by atoms with Crippen LogP contribution >= 0.6 is 23.2 Å². The summed E-state index contributed by atoms with van der Waals surface area (Å²) < 4.78 is 2.17. The van der Waals surface area contributed by atoms with Gasteiger partial charge in [-0.15, -0.1) is 0 Å². The maximum Gasteiger partial charge on any atom is 0.256 e. The third-order valence-corrected chi connectivity index (χ3v) is 5.66. The summed E-state index contributed by atoms with van der Waals surface area (Å²) in [5.41, 5.74) is 7.47. The summed E-state index contributed by atoms with van der Waals surface area (Å²) in [6, 6.07) is 13.4. The molecule has 4 rings (SSSR count). The van der Waals surface area contributed by atoms with Crippen molar-refractivity contribution in [1.82, 2.24) is 4.57 Å². The molecule has 1 aliphatic heterocycles. The minimum atomic E-state index is -0.115. The highest BCUT2D eigenvalue weighted by Gasteiger charge is 2.25. The van der Waals surface area contributed by atoms with Crippen LogP contribution in [0.4, 0.5) is 5.69 Å². The highest BCUT2D eigenvalue weighted by atomic mass is 35.5. The number of halogens is 2. The Kier molecular flexibility index (Phi) is 4.37. The molecule has 0 unspecified atom stereocenters. The molecule has 0 fully saturated rings. The van der Waals surface area contributed by atoms with Gasteiger partial charge in [-0.2, -0.15) is 0 Å². The van der Waals surface area contributed by atoms with Crippen molar-refractivity contribution < 1.29 is 4.79 Å². The molecule has 1 N–H and O–H groups in total. The van der Waals surface area contributed by atoms with Crippen LogP contribution < -0.4 is 5.32 Å². The number of carbonyl (C=O) groups is 1. The Morgan fingerprint density at radius 3 is 2.59 bits per heavy atom. The molecule has 3 aromatic rings. The second kappa shape index (κ2) is 6.59. The van der Waals surface area contributed by atoms with E-state index >= 15 is 0 Å². The molecule has 0 bridgehead atoms. The summed E-state index contributed by atoms with van der Waals surface area (Å²) in [5.74, 6) is -0.115. The van der Waals surface area contributed by atoms with E-state index in [4.69, 9.17) is 23.2 Å². The van der Waals surface area contributed by atoms with Crippen LogP contribution in [0.15, 0.2) is 42.5 Å². The van der Waals surface area contributed by atoms with Crippen LogP contribution in [0.25, 0.3) is 17.3 Å². The molecule has 0 saturated carbocycles. The van der Waals surface area contributed by atoms with E-state index < -0.39 is 0 Å². The third-order valence-electron chi connectivity index (χ3n) is 5.01. The number of nitrogens with one attached hydrogen (secondary N) is 1. The number of aryl methyl sites for hydroxylation is 1. The Morgan fingerprint density at radius 1 is 1.04 bits per heavy atom. The summed E-state index contributed by atoms with van der Waals surface area (Å²) in [6.45, 7) is 6.12. The van der Waals surface area contributed by atoms with Crippen molar-refractivity contribution in [3.8, 4) is 5.69 Å². The van der Waals surface area contributed by atoms with Crippen molar-refractivity contribution in [3.05, 3.63) is 80.6 Å². The largest absolute Gasteiger partial charge is 0.321 e. The molecule has 136 valence electrons. The van der Waals surface area contributed by atoms with E-state index in [1.54, 1.807) is 12.1 Å². The number of carbonyl (C=O) groups excluding carboxylic acids is 1. The lowest BCUT2D eigenvalue weighted by Crippen LogP contribution is -2.04.